The second-order valence-electron chi connectivity index (χ2n) is 4.95. The highest BCUT2D eigenvalue weighted by atomic mass is 19.1. The Bertz CT molecular complexity index is 597. The fraction of sp³-hybridized carbons (Fsp3) is 0.467. The van der Waals surface area contributed by atoms with Crippen LogP contribution in [0.15, 0.2) is 18.2 Å². The van der Waals surface area contributed by atoms with Gasteiger partial charge >= 0.3 is 0 Å². The van der Waals surface area contributed by atoms with Gasteiger partial charge in [0.05, 0.1) is 0 Å². The Balaban J connectivity index is 1.96. The molecular weight excluding hydrogens is 271 g/mol. The Morgan fingerprint density at radius 2 is 2.14 bits per heavy atom. The molecule has 0 spiro atoms. The maximum absolute atomic E-state index is 14.0. The van der Waals surface area contributed by atoms with Crippen molar-refractivity contribution in [3.63, 3.8) is 0 Å². The average Bonchev–Trinajstić information content (AvgIpc) is 2.78. The molecule has 0 fully saturated rings. The molecule has 1 aromatic carbocycles. The summed E-state index contributed by atoms with van der Waals surface area (Å²) < 4.78 is 21.3. The maximum atomic E-state index is 14.0. The largest absolute Gasteiger partial charge is 0.483 e. The number of hydrogen-bond acceptors (Lipinski definition) is 4. The minimum atomic E-state index is -0.357. The molecule has 2 rings (SSSR count). The number of halogens is 1. The predicted molar refractivity (Wildman–Crippen MR) is 78.5 cm³/mol. The van der Waals surface area contributed by atoms with Crippen LogP contribution in [0.2, 0.25) is 0 Å². The van der Waals surface area contributed by atoms with E-state index in [4.69, 9.17) is 4.74 Å². The van der Waals surface area contributed by atoms with Crippen LogP contribution in [-0.4, -0.2) is 21.3 Å². The Labute approximate surface area is 124 Å². The zero-order valence-corrected chi connectivity index (χ0v) is 12.7. The molecule has 1 N–H and O–H groups in total. The van der Waals surface area contributed by atoms with E-state index < -0.39 is 0 Å². The molecule has 0 atom stereocenters. The number of rotatable bonds is 7. The molecule has 0 radical (unpaired) electrons. The lowest BCUT2D eigenvalue weighted by Crippen LogP contribution is -2.14. The second-order valence-corrected chi connectivity index (χ2v) is 4.95. The van der Waals surface area contributed by atoms with E-state index >= 15 is 0 Å². The molecule has 0 saturated heterocycles. The van der Waals surface area contributed by atoms with Gasteiger partial charge in [-0.2, -0.15) is 0 Å². The fourth-order valence-electron chi connectivity index (χ4n) is 1.90. The lowest BCUT2D eigenvalue weighted by Gasteiger charge is -2.09. The molecule has 114 valence electrons. The molecule has 0 unspecified atom stereocenters. The van der Waals surface area contributed by atoms with Crippen LogP contribution < -0.4 is 10.1 Å². The third-order valence-corrected chi connectivity index (χ3v) is 3.29. The van der Waals surface area contributed by atoms with Crippen molar-refractivity contribution in [3.8, 4) is 5.75 Å². The van der Waals surface area contributed by atoms with Gasteiger partial charge in [-0.15, -0.1) is 10.2 Å². The zero-order valence-electron chi connectivity index (χ0n) is 12.7. The molecule has 6 heteroatoms. The molecule has 0 bridgehead atoms. The maximum Gasteiger partial charge on any atom is 0.170 e. The number of ether oxygens (including phenoxy) is 1. The number of hydrogen-bond donors (Lipinski definition) is 1. The van der Waals surface area contributed by atoms with Crippen LogP contribution in [0.1, 0.15) is 30.6 Å². The summed E-state index contributed by atoms with van der Waals surface area (Å²) in [6.45, 7) is 5.73. The second kappa shape index (κ2) is 7.17. The fourth-order valence-corrected chi connectivity index (χ4v) is 1.90. The van der Waals surface area contributed by atoms with Gasteiger partial charge in [0.25, 0.3) is 0 Å². The summed E-state index contributed by atoms with van der Waals surface area (Å²) in [6.07, 6.45) is 1.06. The van der Waals surface area contributed by atoms with Gasteiger partial charge in [-0.25, -0.2) is 4.39 Å². The smallest absolute Gasteiger partial charge is 0.170 e. The van der Waals surface area contributed by atoms with Crippen LogP contribution in [0, 0.1) is 12.7 Å². The van der Waals surface area contributed by atoms with Crippen molar-refractivity contribution < 1.29 is 9.13 Å². The normalized spacial score (nSPS) is 10.9. The Morgan fingerprint density at radius 1 is 1.33 bits per heavy atom. The van der Waals surface area contributed by atoms with E-state index in [1.54, 1.807) is 6.07 Å². The summed E-state index contributed by atoms with van der Waals surface area (Å²) in [6, 6.07) is 5.02. The van der Waals surface area contributed by atoms with Crippen LogP contribution in [0.3, 0.4) is 0 Å². The highest BCUT2D eigenvalue weighted by Gasteiger charge is 2.09. The van der Waals surface area contributed by atoms with Crippen molar-refractivity contribution in [3.05, 3.63) is 41.2 Å². The van der Waals surface area contributed by atoms with E-state index in [1.165, 1.54) is 6.07 Å². The minimum absolute atomic E-state index is 0.196. The summed E-state index contributed by atoms with van der Waals surface area (Å²) in [5, 5.41) is 11.2. The SMILES string of the molecule is CCCNCc1ccc(OCc2nnc(C)n2C)c(F)c1. The summed E-state index contributed by atoms with van der Waals surface area (Å²) in [5.74, 6) is 1.34. The summed E-state index contributed by atoms with van der Waals surface area (Å²) in [5.41, 5.74) is 0.905. The third kappa shape index (κ3) is 4.01. The van der Waals surface area contributed by atoms with Crippen LogP contribution in [0.5, 0.6) is 5.75 Å². The Morgan fingerprint density at radius 3 is 2.76 bits per heavy atom. The van der Waals surface area contributed by atoms with Gasteiger partial charge in [-0.05, 0) is 37.6 Å². The van der Waals surface area contributed by atoms with Gasteiger partial charge in [0.15, 0.2) is 17.4 Å². The van der Waals surface area contributed by atoms with Gasteiger partial charge in [0.2, 0.25) is 0 Å². The molecular formula is C15H21FN4O. The van der Waals surface area contributed by atoms with Gasteiger partial charge in [0, 0.05) is 13.6 Å². The van der Waals surface area contributed by atoms with Crippen LogP contribution in [0.4, 0.5) is 4.39 Å². The molecule has 0 aliphatic rings. The predicted octanol–water partition coefficient (Wildman–Crippen LogP) is 2.34. The molecule has 0 aliphatic carbocycles. The van der Waals surface area contributed by atoms with E-state index in [1.807, 2.05) is 24.6 Å². The van der Waals surface area contributed by atoms with Crippen molar-refractivity contribution >= 4 is 0 Å². The number of nitrogens with one attached hydrogen (secondary N) is 1. The van der Waals surface area contributed by atoms with E-state index in [0.29, 0.717) is 12.4 Å². The van der Waals surface area contributed by atoms with Crippen molar-refractivity contribution in [2.75, 3.05) is 6.54 Å². The highest BCUT2D eigenvalue weighted by molar-refractivity contribution is 5.29. The van der Waals surface area contributed by atoms with E-state index in [0.717, 1.165) is 24.4 Å². The van der Waals surface area contributed by atoms with E-state index in [2.05, 4.69) is 22.4 Å². The molecule has 1 aromatic heterocycles. The first kappa shape index (κ1) is 15.4. The molecule has 5 nitrogen and oxygen atoms in total. The highest BCUT2D eigenvalue weighted by Crippen LogP contribution is 2.19. The topological polar surface area (TPSA) is 52.0 Å². The van der Waals surface area contributed by atoms with Crippen molar-refractivity contribution in [1.29, 1.82) is 0 Å². The van der Waals surface area contributed by atoms with E-state index in [9.17, 15) is 4.39 Å². The van der Waals surface area contributed by atoms with Gasteiger partial charge in [-0.1, -0.05) is 13.0 Å². The van der Waals surface area contributed by atoms with Crippen molar-refractivity contribution in [2.45, 2.75) is 33.4 Å². The van der Waals surface area contributed by atoms with Gasteiger partial charge in [-0.3, -0.25) is 0 Å². The Hall–Kier alpha value is -1.95. The quantitative estimate of drug-likeness (QED) is 0.796. The molecule has 0 amide bonds. The lowest BCUT2D eigenvalue weighted by atomic mass is 10.2. The Kier molecular flexibility index (Phi) is 5.27. The summed E-state index contributed by atoms with van der Waals surface area (Å²) >= 11 is 0. The molecule has 1 heterocycles. The van der Waals surface area contributed by atoms with Crippen LogP contribution >= 0.6 is 0 Å². The molecule has 21 heavy (non-hydrogen) atoms. The van der Waals surface area contributed by atoms with E-state index in [-0.39, 0.29) is 18.2 Å². The number of nitrogens with zero attached hydrogens (tertiary/aromatic N) is 3. The summed E-state index contributed by atoms with van der Waals surface area (Å²) in [4.78, 5) is 0. The third-order valence-electron chi connectivity index (χ3n) is 3.29. The number of aryl methyl sites for hydroxylation is 1. The number of benzene rings is 1. The lowest BCUT2D eigenvalue weighted by molar-refractivity contribution is 0.276. The molecule has 0 saturated carbocycles. The molecule has 0 aliphatic heterocycles. The summed E-state index contributed by atoms with van der Waals surface area (Å²) in [7, 11) is 1.85. The van der Waals surface area contributed by atoms with Crippen molar-refractivity contribution in [2.24, 2.45) is 7.05 Å². The standard InChI is InChI=1S/C15H21FN4O/c1-4-7-17-9-12-5-6-14(13(16)8-12)21-10-15-19-18-11(2)20(15)3/h5-6,8,17H,4,7,9-10H2,1-3H3. The average molecular weight is 292 g/mol. The van der Waals surface area contributed by atoms with Gasteiger partial charge in [0.1, 0.15) is 12.4 Å². The zero-order chi connectivity index (χ0) is 15.2. The van der Waals surface area contributed by atoms with Crippen LogP contribution in [0.25, 0.3) is 0 Å². The first-order valence-electron chi connectivity index (χ1n) is 7.08. The van der Waals surface area contributed by atoms with Crippen LogP contribution in [-0.2, 0) is 20.2 Å². The first-order valence-corrected chi connectivity index (χ1v) is 7.08. The monoisotopic (exact) mass is 292 g/mol. The van der Waals surface area contributed by atoms with Gasteiger partial charge < -0.3 is 14.6 Å². The molecule has 2 aromatic rings. The minimum Gasteiger partial charge on any atom is -0.483 e. The number of aromatic nitrogens is 3. The van der Waals surface area contributed by atoms with Crippen molar-refractivity contribution in [1.82, 2.24) is 20.1 Å². The first-order chi connectivity index (χ1) is 10.1.